The molecule has 0 radical (unpaired) electrons. The van der Waals surface area contributed by atoms with Gasteiger partial charge in [-0.1, -0.05) is 6.92 Å². The highest BCUT2D eigenvalue weighted by atomic mass is 31.2. The molecule has 9 heavy (non-hydrogen) atoms. The van der Waals surface area contributed by atoms with Crippen LogP contribution < -0.4 is 15.5 Å². The molecule has 6 heteroatoms. The number of phosphoric acid groups is 1. The normalized spacial score (nSPS) is 9.89. The summed E-state index contributed by atoms with van der Waals surface area (Å²) < 4.78 is 8.66. The molecule has 58 valence electrons. The van der Waals surface area contributed by atoms with Gasteiger partial charge in [0.25, 0.3) is 0 Å². The van der Waals surface area contributed by atoms with Gasteiger partial charge < -0.3 is 25.0 Å². The Labute approximate surface area is 56.7 Å². The first-order valence-electron chi connectivity index (χ1n) is 2.36. The molecule has 0 rings (SSSR count). The van der Waals surface area contributed by atoms with Gasteiger partial charge in [0.15, 0.2) is 0 Å². The van der Waals surface area contributed by atoms with E-state index in [-0.39, 0.29) is 2.85 Å². The highest BCUT2D eigenvalue weighted by molar-refractivity contribution is 7.42. The monoisotopic (exact) mass is 157 g/mol. The number of hydrogen-bond acceptors (Lipinski definition) is 4. The lowest BCUT2D eigenvalue weighted by atomic mass is 10.5. The lowest BCUT2D eigenvalue weighted by Crippen LogP contribution is -2.11. The van der Waals surface area contributed by atoms with Crippen LogP contribution in [0.3, 0.4) is 0 Å². The second-order valence-electron chi connectivity index (χ2n) is 1.26. The molecule has 0 atom stereocenters. The van der Waals surface area contributed by atoms with Crippen molar-refractivity contribution in [3.8, 4) is 0 Å². The van der Waals surface area contributed by atoms with Gasteiger partial charge >= 0.3 is 2.85 Å². The van der Waals surface area contributed by atoms with Crippen LogP contribution in [-0.2, 0) is 4.57 Å². The first-order valence-corrected chi connectivity index (χ1v) is 3.86. The molecule has 0 aromatic rings. The maximum atomic E-state index is 8.66. The minimum absolute atomic E-state index is 0. The molecule has 0 fully saturated rings. The Morgan fingerprint density at radius 3 is 1.89 bits per heavy atom. The van der Waals surface area contributed by atoms with E-state index in [2.05, 4.69) is 6.92 Å². The highest BCUT2D eigenvalue weighted by Crippen LogP contribution is 2.11. The van der Waals surface area contributed by atoms with Crippen molar-refractivity contribution in [2.45, 2.75) is 13.3 Å². The molecule has 0 aromatic heterocycles. The lowest BCUT2D eigenvalue weighted by molar-refractivity contribution is -0.337. The molecule has 0 aliphatic rings. The van der Waals surface area contributed by atoms with Gasteiger partial charge in [0.05, 0.1) is 7.82 Å². The van der Waals surface area contributed by atoms with Gasteiger partial charge in [-0.15, -0.1) is 0 Å². The summed E-state index contributed by atoms with van der Waals surface area (Å²) >= 11 is 0. The van der Waals surface area contributed by atoms with Crippen LogP contribution in [0.15, 0.2) is 0 Å². The maximum absolute atomic E-state index is 8.66. The van der Waals surface area contributed by atoms with E-state index in [4.69, 9.17) is 25.0 Å². The van der Waals surface area contributed by atoms with Gasteiger partial charge in [0, 0.05) is 0 Å². The Kier molecular flexibility index (Phi) is 8.13. The van der Waals surface area contributed by atoms with Crippen LogP contribution in [0.25, 0.3) is 0 Å². The van der Waals surface area contributed by atoms with Gasteiger partial charge in [-0.2, -0.15) is 0 Å². The quantitative estimate of drug-likeness (QED) is 0.445. The van der Waals surface area contributed by atoms with Crippen LogP contribution in [0.5, 0.6) is 0 Å². The van der Waals surface area contributed by atoms with Gasteiger partial charge in [-0.25, -0.2) is 0 Å². The van der Waals surface area contributed by atoms with E-state index >= 15 is 0 Å². The Morgan fingerprint density at radius 2 is 1.89 bits per heavy atom. The van der Waals surface area contributed by atoms with E-state index in [1.54, 1.807) is 0 Å². The average molecular weight is 157 g/mol. The predicted molar refractivity (Wildman–Crippen MR) is 31.4 cm³/mol. The third-order valence-corrected chi connectivity index (χ3v) is 0.289. The molecule has 0 amide bonds. The number of rotatable bonds is 1. The average Bonchev–Trinajstić information content (AvgIpc) is 1.61. The smallest absolute Gasteiger partial charge is 0.790 e. The Hall–Kier alpha value is 0.0700. The van der Waals surface area contributed by atoms with Crippen molar-refractivity contribution < 1.29 is 22.1 Å². The molecular weight excluding hydrogens is 145 g/mol. The van der Waals surface area contributed by atoms with E-state index in [0.29, 0.717) is 0 Å². The molecule has 0 aliphatic carbocycles. The predicted octanol–water partition coefficient (Wildman–Crippen LogP) is -1.61. The van der Waals surface area contributed by atoms with E-state index < -0.39 is 7.82 Å². The minimum atomic E-state index is -5.14. The first kappa shape index (κ1) is 11.8. The van der Waals surface area contributed by atoms with Crippen LogP contribution >= 0.6 is 7.82 Å². The fraction of sp³-hybridized carbons (Fsp3) is 1.00. The molecule has 0 aromatic carbocycles. The van der Waals surface area contributed by atoms with Crippen LogP contribution in [0.2, 0.25) is 0 Å². The maximum Gasteiger partial charge on any atom is 1.00 e. The fourth-order valence-corrected chi connectivity index (χ4v) is 0. The number of nitrogens with two attached hydrogens (primary N) is 1. The summed E-state index contributed by atoms with van der Waals surface area (Å²) in [5, 5.41) is 0. The van der Waals surface area contributed by atoms with E-state index in [9.17, 15) is 0 Å². The zero-order valence-electron chi connectivity index (χ0n) is 7.11. The second-order valence-corrected chi connectivity index (χ2v) is 2.19. The topological polar surface area (TPSA) is 109 Å². The summed E-state index contributed by atoms with van der Waals surface area (Å²) in [6, 6.07) is 0. The molecule has 0 spiro atoms. The molecule has 5 nitrogen and oxygen atoms in total. The summed E-state index contributed by atoms with van der Waals surface area (Å²) in [6.45, 7) is 2.88. The minimum Gasteiger partial charge on any atom is -0.790 e. The van der Waals surface area contributed by atoms with Crippen LogP contribution in [0.1, 0.15) is 16.2 Å². The summed E-state index contributed by atoms with van der Waals surface area (Å²) in [5.41, 5.74) is 5.03. The summed E-state index contributed by atoms with van der Waals surface area (Å²) in [4.78, 5) is 24.3. The molecule has 0 heterocycles. The zero-order valence-corrected chi connectivity index (χ0v) is 6.01. The van der Waals surface area contributed by atoms with Crippen molar-refractivity contribution in [3.05, 3.63) is 0 Å². The van der Waals surface area contributed by atoms with E-state index in [1.165, 1.54) is 0 Å². The van der Waals surface area contributed by atoms with Crippen molar-refractivity contribution in [2.24, 2.45) is 5.73 Å². The Balaban J connectivity index is -0.0000000383. The van der Waals surface area contributed by atoms with Crippen molar-refractivity contribution >= 4 is 7.82 Å². The molecular formula is C3H12NO4P. The summed E-state index contributed by atoms with van der Waals surface area (Å²) in [7, 11) is -5.14. The van der Waals surface area contributed by atoms with E-state index in [0.717, 1.165) is 13.0 Å². The molecule has 0 aliphatic heterocycles. The van der Waals surface area contributed by atoms with E-state index in [1.807, 2.05) is 0 Å². The van der Waals surface area contributed by atoms with Gasteiger partial charge in [0.2, 0.25) is 0 Å². The molecule has 0 bridgehead atoms. The molecule has 3 N–H and O–H groups in total. The lowest BCUT2D eigenvalue weighted by Gasteiger charge is -2.19. The van der Waals surface area contributed by atoms with Gasteiger partial charge in [0.1, 0.15) is 0 Å². The van der Waals surface area contributed by atoms with Crippen LogP contribution in [-0.4, -0.2) is 11.4 Å². The Bertz CT molecular complexity index is 87.1. The number of hydrogen-bond donors (Lipinski definition) is 2. The third kappa shape index (κ3) is 260. The summed E-state index contributed by atoms with van der Waals surface area (Å²) in [5.74, 6) is 0. The van der Waals surface area contributed by atoms with Crippen molar-refractivity contribution in [1.29, 1.82) is 0 Å². The molecule has 0 saturated carbocycles. The SMILES string of the molecule is CCCN.O=P([O-])([O-])O.[H+].[H+]. The second kappa shape index (κ2) is 6.19. The third-order valence-electron chi connectivity index (χ3n) is 0.289. The summed E-state index contributed by atoms with van der Waals surface area (Å²) in [6.07, 6.45) is 1.10. The standard InChI is InChI=1S/C3H9N.H3O4P/c1-2-3-4;1-5(2,3)4/h2-4H2,1H3;(H3,1,2,3,4). The highest BCUT2D eigenvalue weighted by Gasteiger charge is 1.64. The fourth-order valence-electron chi connectivity index (χ4n) is 0. The van der Waals surface area contributed by atoms with Gasteiger partial charge in [-0.05, 0) is 13.0 Å². The molecule has 0 unspecified atom stereocenters. The van der Waals surface area contributed by atoms with Crippen molar-refractivity contribution in [1.82, 2.24) is 0 Å². The first-order chi connectivity index (χ1) is 3.91. The zero-order chi connectivity index (χ0) is 7.91. The van der Waals surface area contributed by atoms with Crippen LogP contribution in [0.4, 0.5) is 0 Å². The van der Waals surface area contributed by atoms with Gasteiger partial charge in [-0.3, -0.25) is 0 Å². The van der Waals surface area contributed by atoms with Crippen molar-refractivity contribution in [3.63, 3.8) is 0 Å². The van der Waals surface area contributed by atoms with Crippen molar-refractivity contribution in [2.75, 3.05) is 6.54 Å². The Morgan fingerprint density at radius 1 is 1.78 bits per heavy atom. The largest absolute Gasteiger partial charge is 1.00 e. The molecule has 0 saturated heterocycles. The van der Waals surface area contributed by atoms with Crippen LogP contribution in [0, 0.1) is 0 Å².